The molecule has 0 aromatic rings. The summed E-state index contributed by atoms with van der Waals surface area (Å²) in [5.74, 6) is 11.1. The van der Waals surface area contributed by atoms with E-state index in [9.17, 15) is 0 Å². The van der Waals surface area contributed by atoms with Crippen molar-refractivity contribution in [1.82, 2.24) is 0 Å². The van der Waals surface area contributed by atoms with E-state index in [1.165, 1.54) is 58.9 Å². The van der Waals surface area contributed by atoms with Crippen molar-refractivity contribution >= 4 is 106 Å². The lowest BCUT2D eigenvalue weighted by molar-refractivity contribution is 0.584. The summed E-state index contributed by atoms with van der Waals surface area (Å²) in [5.41, 5.74) is 0. The number of rotatable bonds is 13. The van der Waals surface area contributed by atoms with Gasteiger partial charge in [0.1, 0.15) is 0 Å². The lowest BCUT2D eigenvalue weighted by Gasteiger charge is -2.32. The minimum Gasteiger partial charge on any atom is -0.154 e. The molecule has 0 radical (unpaired) electrons. The van der Waals surface area contributed by atoms with Gasteiger partial charge in [0.15, 0.2) is 0 Å². The minimum absolute atomic E-state index is 0.586. The van der Waals surface area contributed by atoms with E-state index >= 15 is 0 Å². The monoisotopic (exact) mass is 656 g/mol. The van der Waals surface area contributed by atoms with Gasteiger partial charge in [0, 0.05) is 95.0 Å². The molecule has 0 N–H and O–H groups in total. The maximum atomic E-state index is 2.53. The number of hydrogen-bond donors (Lipinski definition) is 0. The van der Waals surface area contributed by atoms with Crippen LogP contribution in [-0.4, -0.2) is 95.0 Å². The predicted molar refractivity (Wildman–Crippen MR) is 187 cm³/mol. The zero-order chi connectivity index (χ0) is 25.7. The predicted octanol–water partition coefficient (Wildman–Crippen LogP) is 8.86. The highest BCUT2D eigenvalue weighted by Crippen LogP contribution is 2.65. The number of hydrogen-bond acceptors (Lipinski definition) is 9. The summed E-state index contributed by atoms with van der Waals surface area (Å²) in [6, 6.07) is 0. The Hall–Kier alpha value is 3.15. The summed E-state index contributed by atoms with van der Waals surface area (Å²) in [6.07, 6.45) is 2.87. The molecule has 7 fully saturated rings. The third-order valence-electron chi connectivity index (χ3n) is 8.90. The smallest absolute Gasteiger partial charge is 0.0355 e. The molecule has 7 saturated heterocycles. The normalized spacial score (nSPS) is 53.4. The molecule has 9 atom stereocenters. The Bertz CT molecular complexity index is 787. The van der Waals surface area contributed by atoms with E-state index in [1.54, 1.807) is 0 Å². The molecule has 0 bridgehead atoms. The fourth-order valence-corrected chi connectivity index (χ4v) is 16.0. The first-order valence-corrected chi connectivity index (χ1v) is 22.3. The molecule has 0 aliphatic carbocycles. The Balaban J connectivity index is 0.000000141. The van der Waals surface area contributed by atoms with Crippen LogP contribution in [0.3, 0.4) is 0 Å². The van der Waals surface area contributed by atoms with Gasteiger partial charge in [-0.05, 0) is 61.3 Å². The van der Waals surface area contributed by atoms with Gasteiger partial charge in [0.05, 0.1) is 0 Å². The Morgan fingerprint density at radius 1 is 0.500 bits per heavy atom. The SMILES string of the molecule is CC1(CC(SC(CC2(C)CS2)C2(C)CS2)C2(C)CS2)CS1.CC1(CSC(C2(C)CS2)C2(C)CS2)CS1. The third kappa shape index (κ3) is 7.19. The topological polar surface area (TPSA) is 0 Å². The molecule has 7 aliphatic rings. The van der Waals surface area contributed by atoms with Crippen molar-refractivity contribution in [3.05, 3.63) is 0 Å². The van der Waals surface area contributed by atoms with E-state index in [4.69, 9.17) is 0 Å². The van der Waals surface area contributed by atoms with Crippen molar-refractivity contribution in [2.75, 3.05) is 46.0 Å². The standard InChI is InChI=1S/C16H26S5.C11H18S4/c1-13(7-17-13)5-11(15(3)9-19-15)21-12(16(4)10-20-16)6-14(2)8-18-14;1-9(5-13-9)4-12-8(10(2)6-14-10)11(3)7-15-11/h11-12H,5-10H2,1-4H3;8H,4-7H2,1-3H3. The second-order valence-electron chi connectivity index (χ2n) is 13.8. The minimum atomic E-state index is 0.586. The van der Waals surface area contributed by atoms with Crippen LogP contribution in [0.4, 0.5) is 0 Å². The lowest BCUT2D eigenvalue weighted by atomic mass is 9.99. The summed E-state index contributed by atoms with van der Waals surface area (Å²) in [5, 5.41) is 2.63. The molecular formula is C27H44S9. The Kier molecular flexibility index (Phi) is 7.99. The summed E-state index contributed by atoms with van der Waals surface area (Å²) >= 11 is 19.9. The van der Waals surface area contributed by atoms with Gasteiger partial charge in [-0.2, -0.15) is 106 Å². The summed E-state index contributed by atoms with van der Waals surface area (Å²) in [6.45, 7) is 17.4. The average Bonchev–Trinajstić information content (AvgIpc) is 3.62. The second-order valence-corrected chi connectivity index (χ2v) is 27.1. The van der Waals surface area contributed by atoms with E-state index < -0.39 is 0 Å². The van der Waals surface area contributed by atoms with Crippen molar-refractivity contribution in [2.24, 2.45) is 0 Å². The zero-order valence-corrected chi connectivity index (χ0v) is 30.3. The van der Waals surface area contributed by atoms with Crippen molar-refractivity contribution in [2.45, 2.75) is 110 Å². The van der Waals surface area contributed by atoms with E-state index in [0.29, 0.717) is 33.2 Å². The van der Waals surface area contributed by atoms with Crippen LogP contribution in [0.25, 0.3) is 0 Å². The highest BCUT2D eigenvalue weighted by molar-refractivity contribution is 8.13. The molecule has 206 valence electrons. The van der Waals surface area contributed by atoms with E-state index in [-0.39, 0.29) is 0 Å². The van der Waals surface area contributed by atoms with Crippen molar-refractivity contribution < 1.29 is 0 Å². The number of thioether (sulfide) groups is 9. The highest BCUT2D eigenvalue weighted by atomic mass is 32.2. The Morgan fingerprint density at radius 2 is 0.833 bits per heavy atom. The fraction of sp³-hybridized carbons (Fsp3) is 1.00. The van der Waals surface area contributed by atoms with Gasteiger partial charge in [-0.1, -0.05) is 0 Å². The summed E-state index contributed by atoms with van der Waals surface area (Å²) < 4.78 is 4.26. The van der Waals surface area contributed by atoms with Gasteiger partial charge in [0.25, 0.3) is 0 Å². The van der Waals surface area contributed by atoms with Crippen LogP contribution in [0.5, 0.6) is 0 Å². The molecule has 7 heterocycles. The molecular weight excluding hydrogens is 613 g/mol. The fourth-order valence-electron chi connectivity index (χ4n) is 4.88. The molecule has 7 aliphatic heterocycles. The largest absolute Gasteiger partial charge is 0.154 e. The molecule has 0 spiro atoms. The van der Waals surface area contributed by atoms with Gasteiger partial charge < -0.3 is 0 Å². The molecule has 36 heavy (non-hydrogen) atoms. The van der Waals surface area contributed by atoms with Crippen LogP contribution >= 0.6 is 106 Å². The molecule has 0 saturated carbocycles. The van der Waals surface area contributed by atoms with E-state index in [1.807, 2.05) is 0 Å². The highest BCUT2D eigenvalue weighted by Gasteiger charge is 2.60. The summed E-state index contributed by atoms with van der Waals surface area (Å²) in [4.78, 5) is 0. The van der Waals surface area contributed by atoms with E-state index in [2.05, 4.69) is 154 Å². The average molecular weight is 657 g/mol. The quantitative estimate of drug-likeness (QED) is 0.177. The zero-order valence-electron chi connectivity index (χ0n) is 23.0. The molecule has 0 aromatic heterocycles. The molecule has 9 heteroatoms. The Morgan fingerprint density at radius 3 is 1.11 bits per heavy atom. The van der Waals surface area contributed by atoms with Crippen LogP contribution in [0.2, 0.25) is 0 Å². The van der Waals surface area contributed by atoms with Crippen LogP contribution in [0, 0.1) is 0 Å². The third-order valence-corrected chi connectivity index (χ3v) is 24.0. The van der Waals surface area contributed by atoms with Crippen molar-refractivity contribution in [3.63, 3.8) is 0 Å². The molecule has 0 amide bonds. The lowest BCUT2D eigenvalue weighted by Crippen LogP contribution is -2.35. The first kappa shape index (κ1) is 29.2. The van der Waals surface area contributed by atoms with Gasteiger partial charge >= 0.3 is 0 Å². The summed E-state index contributed by atoms with van der Waals surface area (Å²) in [7, 11) is 0. The second kappa shape index (κ2) is 9.84. The van der Waals surface area contributed by atoms with Gasteiger partial charge in [-0.15, -0.1) is 0 Å². The molecule has 7 rings (SSSR count). The van der Waals surface area contributed by atoms with Gasteiger partial charge in [0.2, 0.25) is 0 Å². The van der Waals surface area contributed by atoms with Crippen LogP contribution in [0.15, 0.2) is 0 Å². The van der Waals surface area contributed by atoms with Crippen LogP contribution < -0.4 is 0 Å². The first-order valence-electron chi connectivity index (χ1n) is 13.5. The maximum Gasteiger partial charge on any atom is 0.0355 e. The molecule has 9 unspecified atom stereocenters. The van der Waals surface area contributed by atoms with E-state index in [0.717, 1.165) is 15.7 Å². The van der Waals surface area contributed by atoms with Crippen molar-refractivity contribution in [3.8, 4) is 0 Å². The van der Waals surface area contributed by atoms with Gasteiger partial charge in [-0.3, -0.25) is 0 Å². The first-order chi connectivity index (χ1) is 16.7. The van der Waals surface area contributed by atoms with Crippen LogP contribution in [-0.2, 0) is 0 Å². The molecule has 0 nitrogen and oxygen atoms in total. The Labute approximate surface area is 259 Å². The van der Waals surface area contributed by atoms with Gasteiger partial charge in [-0.25, -0.2) is 0 Å². The van der Waals surface area contributed by atoms with Crippen LogP contribution in [0.1, 0.15) is 61.3 Å². The maximum absolute atomic E-state index is 2.53. The molecule has 0 aromatic carbocycles. The van der Waals surface area contributed by atoms with Crippen molar-refractivity contribution in [1.29, 1.82) is 0 Å².